The van der Waals surface area contributed by atoms with Crippen LogP contribution in [0.4, 0.5) is 11.4 Å². The Bertz CT molecular complexity index is 1540. The van der Waals surface area contributed by atoms with Gasteiger partial charge in [-0.1, -0.05) is 23.7 Å². The number of fused-ring (bicyclic) bond motifs is 1. The van der Waals surface area contributed by atoms with Gasteiger partial charge in [-0.25, -0.2) is 0 Å². The van der Waals surface area contributed by atoms with Gasteiger partial charge >= 0.3 is 0 Å². The zero-order chi connectivity index (χ0) is 31.2. The Morgan fingerprint density at radius 2 is 1.80 bits per heavy atom. The van der Waals surface area contributed by atoms with Crippen LogP contribution in [0.15, 0.2) is 65.1 Å². The molecule has 1 atom stereocenters. The predicted molar refractivity (Wildman–Crippen MR) is 175 cm³/mol. The molecule has 232 valence electrons. The first-order valence-electron chi connectivity index (χ1n) is 14.7. The highest BCUT2D eigenvalue weighted by Crippen LogP contribution is 2.38. The molecule has 3 amide bonds. The molecule has 1 N–H and O–H groups in total. The zero-order valence-corrected chi connectivity index (χ0v) is 27.2. The number of anilines is 2. The van der Waals surface area contributed by atoms with Crippen LogP contribution in [0, 0.1) is 0 Å². The minimum atomic E-state index is -0.385. The molecule has 1 unspecified atom stereocenters. The summed E-state index contributed by atoms with van der Waals surface area (Å²) in [4.78, 5) is 45.7. The smallest absolute Gasteiger partial charge is 0.258 e. The Morgan fingerprint density at radius 3 is 2.59 bits per heavy atom. The van der Waals surface area contributed by atoms with Gasteiger partial charge in [-0.2, -0.15) is 0 Å². The monoisotopic (exact) mass is 682 g/mol. The quantitative estimate of drug-likeness (QED) is 0.328. The van der Waals surface area contributed by atoms with Crippen molar-refractivity contribution in [2.24, 2.45) is 0 Å². The van der Waals surface area contributed by atoms with Crippen LogP contribution in [-0.2, 0) is 9.53 Å². The van der Waals surface area contributed by atoms with E-state index in [1.807, 2.05) is 23.1 Å². The SMILES string of the molecule is COc1cc(C(=O)N2CCCC(OCC(=O)N3CCCN(C)CC3)c3cc(Cl)ccc32)ccc1NC(=O)c1ccccc1Br. The van der Waals surface area contributed by atoms with Gasteiger partial charge in [0.2, 0.25) is 5.91 Å². The number of halogens is 2. The van der Waals surface area contributed by atoms with Gasteiger partial charge in [0.05, 0.1) is 24.5 Å². The average molecular weight is 684 g/mol. The molecule has 1 saturated heterocycles. The molecule has 0 spiro atoms. The largest absolute Gasteiger partial charge is 0.495 e. The van der Waals surface area contributed by atoms with Crippen LogP contribution in [-0.4, -0.2) is 81.0 Å². The van der Waals surface area contributed by atoms with Crippen LogP contribution in [0.2, 0.25) is 5.02 Å². The van der Waals surface area contributed by atoms with Crippen molar-refractivity contribution in [2.75, 3.05) is 63.7 Å². The van der Waals surface area contributed by atoms with Crippen molar-refractivity contribution < 1.29 is 23.9 Å². The molecule has 3 aromatic carbocycles. The van der Waals surface area contributed by atoms with E-state index >= 15 is 0 Å². The van der Waals surface area contributed by atoms with E-state index < -0.39 is 0 Å². The van der Waals surface area contributed by atoms with Gasteiger partial charge in [-0.15, -0.1) is 0 Å². The summed E-state index contributed by atoms with van der Waals surface area (Å²) in [5, 5.41) is 3.40. The summed E-state index contributed by atoms with van der Waals surface area (Å²) in [5.74, 6) is -0.191. The molecule has 5 rings (SSSR count). The van der Waals surface area contributed by atoms with Crippen LogP contribution >= 0.6 is 27.5 Å². The van der Waals surface area contributed by atoms with Gasteiger partial charge in [-0.05, 0) is 97.3 Å². The molecule has 11 heteroatoms. The van der Waals surface area contributed by atoms with E-state index in [1.165, 1.54) is 7.11 Å². The summed E-state index contributed by atoms with van der Waals surface area (Å²) < 4.78 is 12.5. The van der Waals surface area contributed by atoms with E-state index in [0.717, 1.165) is 31.6 Å². The van der Waals surface area contributed by atoms with Gasteiger partial charge in [-0.3, -0.25) is 14.4 Å². The predicted octanol–water partition coefficient (Wildman–Crippen LogP) is 6.03. The van der Waals surface area contributed by atoms with E-state index in [9.17, 15) is 14.4 Å². The molecular weight excluding hydrogens is 648 g/mol. The first kappa shape index (κ1) is 32.0. The summed E-state index contributed by atoms with van der Waals surface area (Å²) in [6.45, 7) is 3.65. The van der Waals surface area contributed by atoms with Crippen molar-refractivity contribution in [3.8, 4) is 5.75 Å². The lowest BCUT2D eigenvalue weighted by atomic mass is 10.0. The van der Waals surface area contributed by atoms with Crippen LogP contribution in [0.5, 0.6) is 5.75 Å². The van der Waals surface area contributed by atoms with Gasteiger partial charge < -0.3 is 29.5 Å². The van der Waals surface area contributed by atoms with Crippen molar-refractivity contribution in [3.05, 3.63) is 86.8 Å². The summed E-state index contributed by atoms with van der Waals surface area (Å²) in [5.41, 5.74) is 2.79. The Balaban J connectivity index is 1.33. The molecule has 3 aromatic rings. The number of rotatable bonds is 7. The van der Waals surface area contributed by atoms with E-state index in [0.29, 0.717) is 63.7 Å². The first-order valence-corrected chi connectivity index (χ1v) is 15.9. The van der Waals surface area contributed by atoms with Crippen molar-refractivity contribution in [2.45, 2.75) is 25.4 Å². The lowest BCUT2D eigenvalue weighted by molar-refractivity contribution is -0.138. The van der Waals surface area contributed by atoms with Gasteiger partial charge in [0.25, 0.3) is 11.8 Å². The van der Waals surface area contributed by atoms with Crippen molar-refractivity contribution in [1.82, 2.24) is 9.80 Å². The molecule has 2 heterocycles. The summed E-state index contributed by atoms with van der Waals surface area (Å²) >= 11 is 9.82. The Morgan fingerprint density at radius 1 is 0.977 bits per heavy atom. The van der Waals surface area contributed by atoms with Crippen molar-refractivity contribution in [1.29, 1.82) is 0 Å². The molecule has 9 nitrogen and oxygen atoms in total. The van der Waals surface area contributed by atoms with E-state index in [4.69, 9.17) is 21.1 Å². The maximum atomic E-state index is 13.9. The fraction of sp³-hybridized carbons (Fsp3) is 0.364. The molecular formula is C33H36BrClN4O5. The Kier molecular flexibility index (Phi) is 10.6. The Labute approximate surface area is 271 Å². The summed E-state index contributed by atoms with van der Waals surface area (Å²) in [6, 6.07) is 17.5. The maximum Gasteiger partial charge on any atom is 0.258 e. The molecule has 44 heavy (non-hydrogen) atoms. The average Bonchev–Trinajstić information content (AvgIpc) is 3.35. The number of methoxy groups -OCH3 is 1. The van der Waals surface area contributed by atoms with Gasteiger partial charge in [0, 0.05) is 52.5 Å². The van der Waals surface area contributed by atoms with Gasteiger partial charge in [0.1, 0.15) is 12.4 Å². The van der Waals surface area contributed by atoms with E-state index in [2.05, 4.69) is 33.2 Å². The number of carbonyl (C=O) groups is 3. The van der Waals surface area contributed by atoms with Crippen LogP contribution in [0.3, 0.4) is 0 Å². The fourth-order valence-corrected chi connectivity index (χ4v) is 6.25. The molecule has 2 aliphatic heterocycles. The van der Waals surface area contributed by atoms with E-state index in [-0.39, 0.29) is 30.4 Å². The highest BCUT2D eigenvalue weighted by molar-refractivity contribution is 9.10. The van der Waals surface area contributed by atoms with Crippen LogP contribution in [0.25, 0.3) is 0 Å². The second-order valence-electron chi connectivity index (χ2n) is 11.0. The van der Waals surface area contributed by atoms with Crippen LogP contribution < -0.4 is 15.0 Å². The van der Waals surface area contributed by atoms with Crippen molar-refractivity contribution >= 4 is 56.6 Å². The second-order valence-corrected chi connectivity index (χ2v) is 12.3. The molecule has 0 aromatic heterocycles. The topological polar surface area (TPSA) is 91.4 Å². The molecule has 2 aliphatic rings. The Hall–Kier alpha value is -3.44. The van der Waals surface area contributed by atoms with Crippen molar-refractivity contribution in [3.63, 3.8) is 0 Å². The molecule has 0 saturated carbocycles. The summed E-state index contributed by atoms with van der Waals surface area (Å²) in [7, 11) is 3.56. The maximum absolute atomic E-state index is 13.9. The number of likely N-dealkylation sites (N-methyl/N-ethyl adjacent to an activating group) is 1. The van der Waals surface area contributed by atoms with Gasteiger partial charge in [0.15, 0.2) is 0 Å². The first-order chi connectivity index (χ1) is 21.2. The highest BCUT2D eigenvalue weighted by atomic mass is 79.9. The number of hydrogen-bond donors (Lipinski definition) is 1. The van der Waals surface area contributed by atoms with E-state index in [1.54, 1.807) is 47.4 Å². The number of carbonyl (C=O) groups excluding carboxylic acids is 3. The number of nitrogens with zero attached hydrogens (tertiary/aromatic N) is 3. The summed E-state index contributed by atoms with van der Waals surface area (Å²) in [6.07, 6.45) is 1.85. The number of amides is 3. The molecule has 0 radical (unpaired) electrons. The number of hydrogen-bond acceptors (Lipinski definition) is 6. The van der Waals surface area contributed by atoms with Crippen LogP contribution in [0.1, 0.15) is 51.6 Å². The number of ether oxygens (including phenoxy) is 2. The molecule has 1 fully saturated rings. The lowest BCUT2D eigenvalue weighted by Crippen LogP contribution is -2.37. The number of benzene rings is 3. The third-order valence-electron chi connectivity index (χ3n) is 8.02. The third-order valence-corrected chi connectivity index (χ3v) is 8.94. The molecule has 0 aliphatic carbocycles. The normalized spacial score (nSPS) is 17.3. The minimum Gasteiger partial charge on any atom is -0.495 e. The lowest BCUT2D eigenvalue weighted by Gasteiger charge is -2.26. The third kappa shape index (κ3) is 7.43. The standard InChI is InChI=1S/C33H36BrClN4O5/c1-37-14-6-15-38(18-17-37)31(40)21-44-29-9-5-16-39(28-13-11-23(35)20-25(28)29)33(42)22-10-12-27(30(19-22)43-2)36-32(41)24-7-3-4-8-26(24)34/h3-4,7-8,10-13,19-20,29H,5-6,9,14-18,21H2,1-2H3,(H,36,41). The highest BCUT2D eigenvalue weighted by Gasteiger charge is 2.30. The number of nitrogens with one attached hydrogen (secondary N) is 1. The zero-order valence-electron chi connectivity index (χ0n) is 24.9. The molecule has 0 bridgehead atoms. The minimum absolute atomic E-state index is 0.0278. The fourth-order valence-electron chi connectivity index (χ4n) is 5.60. The second kappa shape index (κ2) is 14.6.